The van der Waals surface area contributed by atoms with Crippen LogP contribution in [0, 0.1) is 12.7 Å². The number of aryl methyl sites for hydroxylation is 1. The quantitative estimate of drug-likeness (QED) is 0.757. The molecule has 1 aliphatic heterocycles. The monoisotopic (exact) mass is 446 g/mol. The lowest BCUT2D eigenvalue weighted by Crippen LogP contribution is -2.35. The van der Waals surface area contributed by atoms with Crippen molar-refractivity contribution >= 4 is 37.3 Å². The van der Waals surface area contributed by atoms with Gasteiger partial charge in [-0.3, -0.25) is 4.72 Å². The Morgan fingerprint density at radius 3 is 2.32 bits per heavy atom. The van der Waals surface area contributed by atoms with Crippen molar-refractivity contribution in [1.29, 1.82) is 0 Å². The summed E-state index contributed by atoms with van der Waals surface area (Å²) in [4.78, 5) is -0.276. The van der Waals surface area contributed by atoms with E-state index in [1.165, 1.54) is 16.4 Å². The van der Waals surface area contributed by atoms with Crippen LogP contribution in [-0.4, -0.2) is 34.2 Å². The molecule has 2 aromatic carbocycles. The zero-order valence-electron chi connectivity index (χ0n) is 15.2. The lowest BCUT2D eigenvalue weighted by Gasteiger charge is -2.26. The number of sulfonamides is 2. The predicted molar refractivity (Wildman–Crippen MR) is 106 cm³/mol. The van der Waals surface area contributed by atoms with E-state index in [2.05, 4.69) is 4.72 Å². The van der Waals surface area contributed by atoms with E-state index in [-0.39, 0.29) is 20.5 Å². The minimum atomic E-state index is -4.13. The van der Waals surface area contributed by atoms with Gasteiger partial charge in [0.15, 0.2) is 0 Å². The second-order valence-electron chi connectivity index (χ2n) is 6.62. The zero-order chi connectivity index (χ0) is 20.5. The highest BCUT2D eigenvalue weighted by atomic mass is 35.5. The number of rotatable bonds is 5. The fraction of sp³-hybridized carbons (Fsp3) is 0.333. The maximum Gasteiger partial charge on any atom is 0.263 e. The van der Waals surface area contributed by atoms with Crippen LogP contribution in [0.15, 0.2) is 46.2 Å². The Morgan fingerprint density at radius 1 is 1.00 bits per heavy atom. The highest BCUT2D eigenvalue weighted by Gasteiger charge is 2.27. The Hall–Kier alpha value is -1.68. The number of piperidine rings is 1. The van der Waals surface area contributed by atoms with Crippen LogP contribution in [0.4, 0.5) is 10.1 Å². The van der Waals surface area contributed by atoms with Crippen LogP contribution in [0.3, 0.4) is 0 Å². The Kier molecular flexibility index (Phi) is 6.00. The van der Waals surface area contributed by atoms with E-state index in [1.54, 1.807) is 13.0 Å². The van der Waals surface area contributed by atoms with Crippen LogP contribution in [0.1, 0.15) is 24.8 Å². The van der Waals surface area contributed by atoms with Crippen LogP contribution in [0.5, 0.6) is 0 Å². The van der Waals surface area contributed by atoms with Gasteiger partial charge in [0.05, 0.1) is 15.6 Å². The van der Waals surface area contributed by atoms with Gasteiger partial charge in [-0.15, -0.1) is 0 Å². The van der Waals surface area contributed by atoms with E-state index in [1.807, 2.05) is 0 Å². The number of benzene rings is 2. The third-order valence-corrected chi connectivity index (χ3v) is 8.33. The molecule has 1 N–H and O–H groups in total. The molecule has 0 amide bonds. The molecule has 0 aromatic heterocycles. The minimum absolute atomic E-state index is 0.0166. The van der Waals surface area contributed by atoms with Crippen molar-refractivity contribution in [3.05, 3.63) is 52.8 Å². The van der Waals surface area contributed by atoms with Crippen LogP contribution >= 0.6 is 11.6 Å². The summed E-state index contributed by atoms with van der Waals surface area (Å²) in [5, 5.41) is -0.262. The largest absolute Gasteiger partial charge is 0.279 e. The van der Waals surface area contributed by atoms with Crippen molar-refractivity contribution in [2.75, 3.05) is 17.8 Å². The molecule has 0 spiro atoms. The summed E-state index contributed by atoms with van der Waals surface area (Å²) in [7, 11) is -7.84. The van der Waals surface area contributed by atoms with Gasteiger partial charge in [-0.25, -0.2) is 21.2 Å². The molecule has 10 heteroatoms. The smallest absolute Gasteiger partial charge is 0.263 e. The molecule has 0 saturated carbocycles. The SMILES string of the molecule is Cc1ccc(S(=O)(=O)N2CCCCC2)cc1NS(=O)(=O)c1ccc(F)cc1Cl. The molecule has 28 heavy (non-hydrogen) atoms. The molecule has 1 saturated heterocycles. The summed E-state index contributed by atoms with van der Waals surface area (Å²) < 4.78 is 68.1. The van der Waals surface area contributed by atoms with Gasteiger partial charge >= 0.3 is 0 Å². The van der Waals surface area contributed by atoms with Gasteiger partial charge in [0.2, 0.25) is 10.0 Å². The lowest BCUT2D eigenvalue weighted by atomic mass is 10.2. The molecule has 152 valence electrons. The maximum absolute atomic E-state index is 13.2. The summed E-state index contributed by atoms with van der Waals surface area (Å²) in [5.74, 6) is -0.658. The third kappa shape index (κ3) is 4.32. The number of hydrogen-bond acceptors (Lipinski definition) is 4. The molecule has 2 aromatic rings. The Balaban J connectivity index is 1.95. The Morgan fingerprint density at radius 2 is 1.68 bits per heavy atom. The van der Waals surface area contributed by atoms with Gasteiger partial charge in [-0.2, -0.15) is 4.31 Å². The molecule has 1 aliphatic rings. The fourth-order valence-corrected chi connectivity index (χ4v) is 6.22. The Labute approximate surface area is 169 Å². The molecule has 6 nitrogen and oxygen atoms in total. The van der Waals surface area contributed by atoms with Gasteiger partial charge in [0, 0.05) is 13.1 Å². The van der Waals surface area contributed by atoms with E-state index >= 15 is 0 Å². The van der Waals surface area contributed by atoms with Crippen molar-refractivity contribution in [3.63, 3.8) is 0 Å². The van der Waals surface area contributed by atoms with Crippen LogP contribution in [-0.2, 0) is 20.0 Å². The number of hydrogen-bond donors (Lipinski definition) is 1. The third-order valence-electron chi connectivity index (χ3n) is 4.59. The molecule has 0 aliphatic carbocycles. The Bertz CT molecular complexity index is 1100. The first-order chi connectivity index (χ1) is 13.1. The summed E-state index contributed by atoms with van der Waals surface area (Å²) in [5.41, 5.74) is 0.665. The van der Waals surface area contributed by atoms with Gasteiger partial charge in [0.1, 0.15) is 10.7 Å². The van der Waals surface area contributed by atoms with Crippen molar-refractivity contribution in [1.82, 2.24) is 4.31 Å². The van der Waals surface area contributed by atoms with Crippen LogP contribution in [0.25, 0.3) is 0 Å². The van der Waals surface area contributed by atoms with E-state index in [9.17, 15) is 21.2 Å². The van der Waals surface area contributed by atoms with Gasteiger partial charge in [0.25, 0.3) is 10.0 Å². The number of nitrogens with one attached hydrogen (secondary N) is 1. The van der Waals surface area contributed by atoms with Crippen molar-refractivity contribution in [2.24, 2.45) is 0 Å². The van der Waals surface area contributed by atoms with Crippen LogP contribution in [0.2, 0.25) is 5.02 Å². The number of nitrogens with zero attached hydrogens (tertiary/aromatic N) is 1. The summed E-state index contributed by atoms with van der Waals surface area (Å²) in [6.45, 7) is 2.55. The van der Waals surface area contributed by atoms with Crippen molar-refractivity contribution in [3.8, 4) is 0 Å². The first-order valence-corrected chi connectivity index (χ1v) is 12.0. The molecule has 0 atom stereocenters. The molecular weight excluding hydrogens is 427 g/mol. The molecule has 1 heterocycles. The molecule has 1 fully saturated rings. The van der Waals surface area contributed by atoms with Crippen molar-refractivity contribution < 1.29 is 21.2 Å². The first kappa shape index (κ1) is 21.0. The van der Waals surface area contributed by atoms with E-state index in [0.717, 1.165) is 37.5 Å². The summed E-state index contributed by atoms with van der Waals surface area (Å²) in [6.07, 6.45) is 2.59. The minimum Gasteiger partial charge on any atom is -0.279 e. The van der Waals surface area contributed by atoms with Crippen LogP contribution < -0.4 is 4.72 Å². The second kappa shape index (κ2) is 7.98. The predicted octanol–water partition coefficient (Wildman–Crippen LogP) is 3.76. The average molecular weight is 447 g/mol. The van der Waals surface area contributed by atoms with Gasteiger partial charge < -0.3 is 0 Å². The van der Waals surface area contributed by atoms with Crippen molar-refractivity contribution in [2.45, 2.75) is 36.0 Å². The van der Waals surface area contributed by atoms with Gasteiger partial charge in [-0.1, -0.05) is 24.1 Å². The molecule has 0 radical (unpaired) electrons. The fourth-order valence-electron chi connectivity index (χ4n) is 3.02. The average Bonchev–Trinajstić information content (AvgIpc) is 2.63. The normalized spacial score (nSPS) is 16.1. The van der Waals surface area contributed by atoms with E-state index < -0.39 is 25.9 Å². The highest BCUT2D eigenvalue weighted by molar-refractivity contribution is 7.93. The standard InChI is InChI=1S/C18H20ClFN2O4S2/c1-13-5-7-15(28(25,26)22-9-3-2-4-10-22)12-17(13)21-27(23,24)18-8-6-14(20)11-16(18)19/h5-8,11-12,21H,2-4,9-10H2,1H3. The number of halogens is 2. The summed E-state index contributed by atoms with van der Waals surface area (Å²) in [6, 6.07) is 7.26. The maximum atomic E-state index is 13.2. The summed E-state index contributed by atoms with van der Waals surface area (Å²) >= 11 is 5.86. The molecule has 3 rings (SSSR count). The second-order valence-corrected chi connectivity index (χ2v) is 10.6. The van der Waals surface area contributed by atoms with Gasteiger partial charge in [-0.05, 0) is 55.7 Å². The zero-order valence-corrected chi connectivity index (χ0v) is 17.5. The van der Waals surface area contributed by atoms with E-state index in [4.69, 9.17) is 11.6 Å². The first-order valence-electron chi connectivity index (χ1n) is 8.70. The highest BCUT2D eigenvalue weighted by Crippen LogP contribution is 2.29. The molecule has 0 bridgehead atoms. The molecule has 0 unspecified atom stereocenters. The number of anilines is 1. The van der Waals surface area contributed by atoms with E-state index in [0.29, 0.717) is 18.7 Å². The topological polar surface area (TPSA) is 83.6 Å². The lowest BCUT2D eigenvalue weighted by molar-refractivity contribution is 0.346. The molecular formula is C18H20ClFN2O4S2.